The first-order valence-corrected chi connectivity index (χ1v) is 10.8. The van der Waals surface area contributed by atoms with E-state index in [4.69, 9.17) is 0 Å². The highest BCUT2D eigenvalue weighted by atomic mass is 32.1. The minimum atomic E-state index is -0.233. The van der Waals surface area contributed by atoms with Crippen LogP contribution < -0.4 is 0 Å². The fourth-order valence-corrected chi connectivity index (χ4v) is 6.61. The van der Waals surface area contributed by atoms with Gasteiger partial charge in [-0.2, -0.15) is 0 Å². The zero-order chi connectivity index (χ0) is 17.6. The van der Waals surface area contributed by atoms with E-state index in [1.54, 1.807) is 11.3 Å². The monoisotopic (exact) mass is 359 g/mol. The summed E-state index contributed by atoms with van der Waals surface area (Å²) in [6, 6.07) is 2.14. The number of rotatable bonds is 6. The smallest absolute Gasteiger partial charge is 0.229 e. The van der Waals surface area contributed by atoms with E-state index in [9.17, 15) is 9.59 Å². The Balaban J connectivity index is 1.57. The standard InChI is InChI=1S/C21H29NO2S/c1-3-4-6-22(13-18-14(2)5-7-25-18)20(24)21-10-15-8-16(11-21)19(23)17(9-15)12-21/h5,7,15-17H,3-4,6,8-13H2,1-2H3/t15?,16-,17-,21?/m1/s1. The van der Waals surface area contributed by atoms with Gasteiger partial charge in [0, 0.05) is 23.3 Å². The van der Waals surface area contributed by atoms with Crippen LogP contribution >= 0.6 is 11.3 Å². The van der Waals surface area contributed by atoms with Crippen molar-refractivity contribution in [2.75, 3.05) is 6.54 Å². The molecule has 0 aromatic carbocycles. The largest absolute Gasteiger partial charge is 0.337 e. The number of carbonyl (C=O) groups excluding carboxylic acids is 2. The lowest BCUT2D eigenvalue weighted by molar-refractivity contribution is -0.164. The van der Waals surface area contributed by atoms with E-state index in [-0.39, 0.29) is 17.3 Å². The normalized spacial score (nSPS) is 33.0. The minimum absolute atomic E-state index is 0.173. The lowest BCUT2D eigenvalue weighted by Crippen LogP contribution is -2.57. The average Bonchev–Trinajstić information content (AvgIpc) is 2.99. The van der Waals surface area contributed by atoms with Crippen LogP contribution in [-0.2, 0) is 16.1 Å². The molecule has 0 unspecified atom stereocenters. The van der Waals surface area contributed by atoms with E-state index in [1.807, 2.05) is 0 Å². The first-order valence-electron chi connectivity index (χ1n) is 9.88. The van der Waals surface area contributed by atoms with Crippen molar-refractivity contribution >= 4 is 23.0 Å². The third-order valence-electron chi connectivity index (χ3n) is 6.82. The minimum Gasteiger partial charge on any atom is -0.337 e. The Kier molecular flexibility index (Phi) is 4.51. The molecule has 1 heterocycles. The first-order chi connectivity index (χ1) is 12.0. The Bertz CT molecular complexity index is 661. The van der Waals surface area contributed by atoms with Gasteiger partial charge in [0.15, 0.2) is 0 Å². The number of ketones is 1. The van der Waals surface area contributed by atoms with Crippen molar-refractivity contribution in [1.82, 2.24) is 4.90 Å². The molecule has 0 N–H and O–H groups in total. The molecular weight excluding hydrogens is 330 g/mol. The number of carbonyl (C=O) groups is 2. The van der Waals surface area contributed by atoms with Crippen LogP contribution in [0.4, 0.5) is 0 Å². The second-order valence-electron chi connectivity index (χ2n) is 8.63. The van der Waals surface area contributed by atoms with Gasteiger partial charge in [-0.3, -0.25) is 9.59 Å². The molecule has 0 saturated heterocycles. The predicted molar refractivity (Wildman–Crippen MR) is 100 cm³/mol. The maximum atomic E-state index is 13.7. The third kappa shape index (κ3) is 2.97. The number of hydrogen-bond donors (Lipinski definition) is 0. The van der Waals surface area contributed by atoms with Gasteiger partial charge in [-0.05, 0) is 68.4 Å². The highest BCUT2D eigenvalue weighted by Crippen LogP contribution is 2.59. The molecule has 4 aliphatic carbocycles. The zero-order valence-corrected chi connectivity index (χ0v) is 16.2. The molecule has 4 bridgehead atoms. The molecule has 0 spiro atoms. The number of thiophene rings is 1. The summed E-state index contributed by atoms with van der Waals surface area (Å²) in [5, 5.41) is 2.12. The summed E-state index contributed by atoms with van der Waals surface area (Å²) in [7, 11) is 0. The predicted octanol–water partition coefficient (Wildman–Crippen LogP) is 4.58. The molecular formula is C21H29NO2S. The first kappa shape index (κ1) is 17.3. The molecule has 0 radical (unpaired) electrons. The van der Waals surface area contributed by atoms with Gasteiger partial charge in [-0.25, -0.2) is 0 Å². The number of nitrogens with zero attached hydrogens (tertiary/aromatic N) is 1. The summed E-state index contributed by atoms with van der Waals surface area (Å²) in [4.78, 5) is 29.6. The Morgan fingerprint density at radius 2 is 2.00 bits per heavy atom. The van der Waals surface area contributed by atoms with Crippen molar-refractivity contribution in [1.29, 1.82) is 0 Å². The molecule has 0 aliphatic heterocycles. The number of hydrogen-bond acceptors (Lipinski definition) is 3. The van der Waals surface area contributed by atoms with E-state index < -0.39 is 0 Å². The fourth-order valence-electron chi connectivity index (χ4n) is 5.69. The number of unbranched alkanes of at least 4 members (excludes halogenated alkanes) is 1. The molecule has 136 valence electrons. The van der Waals surface area contributed by atoms with Gasteiger partial charge in [0.25, 0.3) is 0 Å². The summed E-state index contributed by atoms with van der Waals surface area (Å²) >= 11 is 1.76. The molecule has 3 nitrogen and oxygen atoms in total. The van der Waals surface area contributed by atoms with Crippen LogP contribution in [0.25, 0.3) is 0 Å². The summed E-state index contributed by atoms with van der Waals surface area (Å²) in [5.41, 5.74) is 1.06. The van der Waals surface area contributed by atoms with E-state index in [1.165, 1.54) is 10.4 Å². The lowest BCUT2D eigenvalue weighted by Gasteiger charge is -2.55. The molecule has 5 rings (SSSR count). The van der Waals surface area contributed by atoms with Crippen LogP contribution in [0.5, 0.6) is 0 Å². The van der Waals surface area contributed by atoms with Crippen LogP contribution in [0.2, 0.25) is 0 Å². The van der Waals surface area contributed by atoms with E-state index >= 15 is 0 Å². The van der Waals surface area contributed by atoms with E-state index in [0.717, 1.165) is 58.0 Å². The summed E-state index contributed by atoms with van der Waals surface area (Å²) in [5.74, 6) is 1.77. The molecule has 2 atom stereocenters. The van der Waals surface area contributed by atoms with E-state index in [0.29, 0.717) is 17.6 Å². The van der Waals surface area contributed by atoms with E-state index in [2.05, 4.69) is 30.2 Å². The van der Waals surface area contributed by atoms with Gasteiger partial charge in [0.1, 0.15) is 5.78 Å². The maximum Gasteiger partial charge on any atom is 0.229 e. The Labute approximate surface area is 154 Å². The highest BCUT2D eigenvalue weighted by Gasteiger charge is 2.58. The topological polar surface area (TPSA) is 37.4 Å². The molecule has 4 saturated carbocycles. The lowest BCUT2D eigenvalue weighted by atomic mass is 9.48. The summed E-state index contributed by atoms with van der Waals surface area (Å²) in [6.45, 7) is 5.92. The van der Waals surface area contributed by atoms with Gasteiger partial charge >= 0.3 is 0 Å². The highest BCUT2D eigenvalue weighted by molar-refractivity contribution is 7.10. The quantitative estimate of drug-likeness (QED) is 0.745. The third-order valence-corrected chi connectivity index (χ3v) is 7.83. The van der Waals surface area contributed by atoms with Crippen molar-refractivity contribution in [3.63, 3.8) is 0 Å². The van der Waals surface area contributed by atoms with Crippen molar-refractivity contribution in [2.45, 2.75) is 65.3 Å². The molecule has 4 aliphatic rings. The van der Waals surface area contributed by atoms with Crippen LogP contribution in [0.1, 0.15) is 62.3 Å². The van der Waals surface area contributed by atoms with Crippen LogP contribution in [0.15, 0.2) is 11.4 Å². The molecule has 4 fully saturated rings. The Morgan fingerprint density at radius 1 is 1.28 bits per heavy atom. The van der Waals surface area contributed by atoms with Gasteiger partial charge in [-0.15, -0.1) is 11.3 Å². The molecule has 1 amide bonds. The molecule has 4 heteroatoms. The van der Waals surface area contributed by atoms with Gasteiger partial charge < -0.3 is 4.90 Å². The molecule has 1 aromatic rings. The van der Waals surface area contributed by atoms with Gasteiger partial charge in [-0.1, -0.05) is 13.3 Å². The molecule has 1 aromatic heterocycles. The van der Waals surface area contributed by atoms with Crippen molar-refractivity contribution < 1.29 is 9.59 Å². The van der Waals surface area contributed by atoms with Crippen LogP contribution in [-0.4, -0.2) is 23.1 Å². The number of Topliss-reactive ketones (excluding diaryl/α,β-unsaturated/α-hetero) is 1. The van der Waals surface area contributed by atoms with Crippen molar-refractivity contribution in [3.8, 4) is 0 Å². The second-order valence-corrected chi connectivity index (χ2v) is 9.63. The Hall–Kier alpha value is -1.16. The van der Waals surface area contributed by atoms with Gasteiger partial charge in [0.05, 0.1) is 12.0 Å². The summed E-state index contributed by atoms with van der Waals surface area (Å²) in [6.07, 6.45) is 6.92. The van der Waals surface area contributed by atoms with Gasteiger partial charge in [0.2, 0.25) is 5.91 Å². The zero-order valence-electron chi connectivity index (χ0n) is 15.4. The molecule has 25 heavy (non-hydrogen) atoms. The Morgan fingerprint density at radius 3 is 2.60 bits per heavy atom. The maximum absolute atomic E-state index is 13.7. The average molecular weight is 360 g/mol. The SMILES string of the molecule is CCCCN(Cc1sccc1C)C(=O)C12CC3C[C@H](C1)C(=O)[C@H](C3)C2. The fraction of sp³-hybridized carbons (Fsp3) is 0.714. The van der Waals surface area contributed by atoms with Crippen molar-refractivity contribution in [2.24, 2.45) is 23.2 Å². The van der Waals surface area contributed by atoms with Crippen LogP contribution in [0, 0.1) is 30.1 Å². The number of amides is 1. The number of aryl methyl sites for hydroxylation is 1. The van der Waals surface area contributed by atoms with Crippen molar-refractivity contribution in [3.05, 3.63) is 21.9 Å². The van der Waals surface area contributed by atoms with Crippen LogP contribution in [0.3, 0.4) is 0 Å². The summed E-state index contributed by atoms with van der Waals surface area (Å²) < 4.78 is 0. The second kappa shape index (κ2) is 6.53.